The number of nitro groups is 1. The van der Waals surface area contributed by atoms with Gasteiger partial charge in [-0.25, -0.2) is 4.39 Å². The number of rotatable bonds is 3. The molecular weight excluding hydrogens is 267 g/mol. The van der Waals surface area contributed by atoms with Crippen LogP contribution in [0.2, 0.25) is 0 Å². The van der Waals surface area contributed by atoms with Crippen LogP contribution in [-0.4, -0.2) is 28.1 Å². The third-order valence-corrected chi connectivity index (χ3v) is 4.23. The average Bonchev–Trinajstić information content (AvgIpc) is 2.95. The zero-order valence-corrected chi connectivity index (χ0v) is 10.5. The topological polar surface area (TPSA) is 83.7 Å². The fourth-order valence-corrected chi connectivity index (χ4v) is 3.47. The Morgan fingerprint density at radius 1 is 1.40 bits per heavy atom. The van der Waals surface area contributed by atoms with Gasteiger partial charge in [0.15, 0.2) is 0 Å². The van der Waals surface area contributed by atoms with Gasteiger partial charge in [-0.3, -0.25) is 14.9 Å². The Bertz CT molecular complexity index is 592. The molecule has 2 heterocycles. The zero-order valence-electron chi connectivity index (χ0n) is 10.5. The number of carboxylic acid groups (broad SMARTS) is 1. The van der Waals surface area contributed by atoms with Gasteiger partial charge < -0.3 is 10.0 Å². The molecule has 2 bridgehead atoms. The first-order chi connectivity index (χ1) is 9.47. The van der Waals surface area contributed by atoms with Gasteiger partial charge in [0.05, 0.1) is 16.9 Å². The Kier molecular flexibility index (Phi) is 2.84. The molecule has 106 valence electrons. The molecule has 2 aliphatic rings. The predicted octanol–water partition coefficient (Wildman–Crippen LogP) is 2.18. The highest BCUT2D eigenvalue weighted by atomic mass is 19.1. The van der Waals surface area contributed by atoms with E-state index in [1.54, 1.807) is 0 Å². The lowest BCUT2D eigenvalue weighted by Crippen LogP contribution is -2.32. The largest absolute Gasteiger partial charge is 0.481 e. The van der Waals surface area contributed by atoms with Crippen molar-refractivity contribution in [3.63, 3.8) is 0 Å². The summed E-state index contributed by atoms with van der Waals surface area (Å²) in [6, 6.07) is 3.26. The van der Waals surface area contributed by atoms with Crippen molar-refractivity contribution in [1.29, 1.82) is 0 Å². The van der Waals surface area contributed by atoms with E-state index in [1.165, 1.54) is 12.1 Å². The van der Waals surface area contributed by atoms with Crippen molar-refractivity contribution in [2.45, 2.75) is 31.3 Å². The monoisotopic (exact) mass is 280 g/mol. The van der Waals surface area contributed by atoms with Crippen LogP contribution in [0.3, 0.4) is 0 Å². The van der Waals surface area contributed by atoms with E-state index in [1.807, 2.05) is 4.90 Å². The normalized spacial score (nSPS) is 27.9. The summed E-state index contributed by atoms with van der Waals surface area (Å²) in [6.07, 6.45) is 2.09. The van der Waals surface area contributed by atoms with Crippen LogP contribution < -0.4 is 4.90 Å². The summed E-state index contributed by atoms with van der Waals surface area (Å²) in [5, 5.41) is 20.0. The highest BCUT2D eigenvalue weighted by Crippen LogP contribution is 2.45. The van der Waals surface area contributed by atoms with Gasteiger partial charge in [-0.15, -0.1) is 0 Å². The number of non-ortho nitro benzene ring substituents is 1. The quantitative estimate of drug-likeness (QED) is 0.677. The Balaban J connectivity index is 1.98. The minimum atomic E-state index is -0.854. The predicted molar refractivity (Wildman–Crippen MR) is 68.1 cm³/mol. The lowest BCUT2D eigenvalue weighted by molar-refractivity contribution is -0.385. The molecule has 1 aromatic rings. The molecule has 2 fully saturated rings. The van der Waals surface area contributed by atoms with Crippen LogP contribution in [0.25, 0.3) is 0 Å². The smallest absolute Gasteiger partial charge is 0.308 e. The van der Waals surface area contributed by atoms with Gasteiger partial charge in [0.25, 0.3) is 5.69 Å². The minimum absolute atomic E-state index is 0.0301. The standard InChI is InChI=1S/C13H13FN2O4/c14-7-3-9(5-10(4-7)16(19)20)15-8-1-2-12(15)11(6-8)13(17)18/h3-5,8,11-12H,1-2,6H2,(H,17,18). The molecule has 0 aromatic heterocycles. The molecule has 0 amide bonds. The van der Waals surface area contributed by atoms with Crippen LogP contribution >= 0.6 is 0 Å². The number of fused-ring (bicyclic) bond motifs is 2. The second-order valence-electron chi connectivity index (χ2n) is 5.31. The van der Waals surface area contributed by atoms with Crippen LogP contribution in [0.15, 0.2) is 18.2 Å². The van der Waals surface area contributed by atoms with Crippen LogP contribution in [0.4, 0.5) is 15.8 Å². The number of nitrogens with zero attached hydrogens (tertiary/aromatic N) is 2. The van der Waals surface area contributed by atoms with E-state index in [-0.39, 0.29) is 17.8 Å². The number of hydrogen-bond donors (Lipinski definition) is 1. The first-order valence-electron chi connectivity index (χ1n) is 6.43. The number of anilines is 1. The molecule has 2 saturated heterocycles. The molecule has 3 unspecified atom stereocenters. The fraction of sp³-hybridized carbons (Fsp3) is 0.462. The van der Waals surface area contributed by atoms with E-state index in [9.17, 15) is 24.4 Å². The van der Waals surface area contributed by atoms with Crippen LogP contribution in [0.5, 0.6) is 0 Å². The zero-order chi connectivity index (χ0) is 14.4. The van der Waals surface area contributed by atoms with Crippen molar-refractivity contribution in [1.82, 2.24) is 0 Å². The molecule has 0 saturated carbocycles. The van der Waals surface area contributed by atoms with Crippen molar-refractivity contribution in [2.75, 3.05) is 4.90 Å². The molecule has 20 heavy (non-hydrogen) atoms. The second-order valence-corrected chi connectivity index (χ2v) is 5.31. The molecule has 3 atom stereocenters. The number of aliphatic carboxylic acids is 1. The van der Waals surface area contributed by atoms with E-state index in [0.29, 0.717) is 12.1 Å². The van der Waals surface area contributed by atoms with Gasteiger partial charge in [-0.2, -0.15) is 0 Å². The maximum Gasteiger partial charge on any atom is 0.308 e. The van der Waals surface area contributed by atoms with Gasteiger partial charge in [0.1, 0.15) is 5.82 Å². The first-order valence-corrected chi connectivity index (χ1v) is 6.43. The van der Waals surface area contributed by atoms with E-state index < -0.39 is 22.6 Å². The third kappa shape index (κ3) is 1.90. The molecule has 0 aliphatic carbocycles. The summed E-state index contributed by atoms with van der Waals surface area (Å²) in [5.74, 6) is -2.00. The van der Waals surface area contributed by atoms with Gasteiger partial charge in [0.2, 0.25) is 0 Å². The number of benzene rings is 1. The van der Waals surface area contributed by atoms with E-state index >= 15 is 0 Å². The summed E-state index contributed by atoms with van der Waals surface area (Å²) in [6.45, 7) is 0. The molecule has 6 nitrogen and oxygen atoms in total. The van der Waals surface area contributed by atoms with Gasteiger partial charge in [0, 0.05) is 23.8 Å². The Labute approximate surface area is 114 Å². The Morgan fingerprint density at radius 2 is 2.15 bits per heavy atom. The summed E-state index contributed by atoms with van der Waals surface area (Å²) in [5.41, 5.74) is 0.103. The lowest BCUT2D eigenvalue weighted by Gasteiger charge is -2.25. The fourth-order valence-electron chi connectivity index (χ4n) is 3.47. The molecule has 0 radical (unpaired) electrons. The number of carboxylic acids is 1. The average molecular weight is 280 g/mol. The maximum absolute atomic E-state index is 13.5. The SMILES string of the molecule is O=C(O)C1CC2CCC1N2c1cc(F)cc([N+](=O)[O-])c1. The van der Waals surface area contributed by atoms with Crippen LogP contribution in [0.1, 0.15) is 19.3 Å². The third-order valence-electron chi connectivity index (χ3n) is 4.23. The molecular formula is C13H13FN2O4. The van der Waals surface area contributed by atoms with Crippen molar-refractivity contribution < 1.29 is 19.2 Å². The van der Waals surface area contributed by atoms with E-state index in [4.69, 9.17) is 0 Å². The molecule has 1 N–H and O–H groups in total. The molecule has 0 spiro atoms. The summed E-state index contributed by atoms with van der Waals surface area (Å²) >= 11 is 0. The summed E-state index contributed by atoms with van der Waals surface area (Å²) in [4.78, 5) is 23.2. The lowest BCUT2D eigenvalue weighted by atomic mass is 9.89. The number of nitro benzene ring substituents is 1. The minimum Gasteiger partial charge on any atom is -0.481 e. The Hall–Kier alpha value is -2.18. The van der Waals surface area contributed by atoms with Gasteiger partial charge in [-0.1, -0.05) is 0 Å². The number of halogens is 1. The highest BCUT2D eigenvalue weighted by molar-refractivity contribution is 5.74. The number of hydrogen-bond acceptors (Lipinski definition) is 4. The van der Waals surface area contributed by atoms with E-state index in [2.05, 4.69) is 0 Å². The van der Waals surface area contributed by atoms with Gasteiger partial charge in [-0.05, 0) is 25.3 Å². The maximum atomic E-state index is 13.5. The van der Waals surface area contributed by atoms with E-state index in [0.717, 1.165) is 18.9 Å². The molecule has 2 aliphatic heterocycles. The first kappa shape index (κ1) is 12.8. The summed E-state index contributed by atoms with van der Waals surface area (Å²) < 4.78 is 13.5. The molecule has 1 aromatic carbocycles. The van der Waals surface area contributed by atoms with Crippen molar-refractivity contribution in [3.8, 4) is 0 Å². The highest BCUT2D eigenvalue weighted by Gasteiger charge is 2.49. The van der Waals surface area contributed by atoms with Crippen LogP contribution in [-0.2, 0) is 4.79 Å². The molecule has 3 rings (SSSR count). The molecule has 7 heteroatoms. The van der Waals surface area contributed by atoms with Gasteiger partial charge >= 0.3 is 5.97 Å². The van der Waals surface area contributed by atoms with Crippen molar-refractivity contribution >= 4 is 17.3 Å². The number of carbonyl (C=O) groups is 1. The van der Waals surface area contributed by atoms with Crippen molar-refractivity contribution in [2.24, 2.45) is 5.92 Å². The second kappa shape index (κ2) is 4.43. The van der Waals surface area contributed by atoms with Crippen LogP contribution in [0, 0.1) is 21.8 Å². The van der Waals surface area contributed by atoms with Crippen molar-refractivity contribution in [3.05, 3.63) is 34.1 Å². The Morgan fingerprint density at radius 3 is 2.75 bits per heavy atom. The summed E-state index contributed by atoms with van der Waals surface area (Å²) in [7, 11) is 0.